The first-order chi connectivity index (χ1) is 9.16. The van der Waals surface area contributed by atoms with Gasteiger partial charge in [0.15, 0.2) is 0 Å². The first-order valence-electron chi connectivity index (χ1n) is 7.26. The maximum atomic E-state index is 12.0. The third-order valence-corrected chi connectivity index (χ3v) is 3.56. The van der Waals surface area contributed by atoms with Gasteiger partial charge in [0, 0.05) is 11.6 Å². The average molecular weight is 263 g/mol. The number of carbonyl (C=O) groups is 1. The van der Waals surface area contributed by atoms with Crippen molar-refractivity contribution in [3.05, 3.63) is 29.8 Å². The Morgan fingerprint density at radius 3 is 2.32 bits per heavy atom. The molecule has 19 heavy (non-hydrogen) atoms. The minimum absolute atomic E-state index is 0.0382. The molecule has 1 aliphatic carbocycles. The van der Waals surface area contributed by atoms with Crippen LogP contribution in [0.4, 0.5) is 0 Å². The van der Waals surface area contributed by atoms with E-state index in [0.29, 0.717) is 17.5 Å². The third-order valence-electron chi connectivity index (χ3n) is 3.56. The maximum absolute atomic E-state index is 12.0. The largest absolute Gasteiger partial charge is 0.508 e. The molecule has 2 atom stereocenters. The molecule has 1 saturated carbocycles. The zero-order valence-corrected chi connectivity index (χ0v) is 12.1. The Hall–Kier alpha value is -1.51. The number of phenols is 1. The monoisotopic (exact) mass is 263 g/mol. The van der Waals surface area contributed by atoms with Gasteiger partial charge in [0.1, 0.15) is 5.75 Å². The molecule has 1 fully saturated rings. The first-order valence-corrected chi connectivity index (χ1v) is 7.26. The molecule has 0 saturated heterocycles. The summed E-state index contributed by atoms with van der Waals surface area (Å²) in [5, 5.41) is 12.3. The van der Waals surface area contributed by atoms with Crippen molar-refractivity contribution in [3.8, 4) is 5.75 Å². The molecular weight excluding hydrogens is 238 g/mol. The SMILES string of the molecule is CC.CC1CCCCC1NC(=O)c1ccc(O)cc1. The summed E-state index contributed by atoms with van der Waals surface area (Å²) in [6.07, 6.45) is 4.74. The van der Waals surface area contributed by atoms with E-state index in [0.717, 1.165) is 6.42 Å². The Balaban J connectivity index is 0.000000861. The predicted molar refractivity (Wildman–Crippen MR) is 78.3 cm³/mol. The second kappa shape index (κ2) is 7.82. The van der Waals surface area contributed by atoms with E-state index in [1.54, 1.807) is 24.3 Å². The second-order valence-corrected chi connectivity index (χ2v) is 4.89. The molecule has 2 unspecified atom stereocenters. The zero-order valence-electron chi connectivity index (χ0n) is 12.1. The van der Waals surface area contributed by atoms with Crippen molar-refractivity contribution < 1.29 is 9.90 Å². The Bertz CT molecular complexity index is 386. The summed E-state index contributed by atoms with van der Waals surface area (Å²) in [6.45, 7) is 6.20. The molecule has 1 aliphatic rings. The molecule has 0 radical (unpaired) electrons. The highest BCUT2D eigenvalue weighted by atomic mass is 16.3. The van der Waals surface area contributed by atoms with Gasteiger partial charge in [-0.2, -0.15) is 0 Å². The molecule has 106 valence electrons. The van der Waals surface area contributed by atoms with E-state index in [-0.39, 0.29) is 11.7 Å². The highest BCUT2D eigenvalue weighted by molar-refractivity contribution is 5.94. The van der Waals surface area contributed by atoms with Crippen LogP contribution >= 0.6 is 0 Å². The van der Waals surface area contributed by atoms with E-state index in [2.05, 4.69) is 12.2 Å². The Morgan fingerprint density at radius 1 is 1.16 bits per heavy atom. The van der Waals surface area contributed by atoms with Gasteiger partial charge >= 0.3 is 0 Å². The van der Waals surface area contributed by atoms with Crippen LogP contribution in [0.3, 0.4) is 0 Å². The predicted octanol–water partition coefficient (Wildman–Crippen LogP) is 3.73. The van der Waals surface area contributed by atoms with Gasteiger partial charge in [0.2, 0.25) is 0 Å². The highest BCUT2D eigenvalue weighted by Gasteiger charge is 2.23. The van der Waals surface area contributed by atoms with Gasteiger partial charge in [-0.3, -0.25) is 4.79 Å². The van der Waals surface area contributed by atoms with Crippen LogP contribution in [0.25, 0.3) is 0 Å². The minimum atomic E-state index is -0.0382. The fourth-order valence-corrected chi connectivity index (χ4v) is 2.40. The number of carbonyl (C=O) groups excluding carboxylic acids is 1. The number of nitrogens with one attached hydrogen (secondary N) is 1. The number of amides is 1. The quantitative estimate of drug-likeness (QED) is 0.854. The van der Waals surface area contributed by atoms with Crippen molar-refractivity contribution in [1.82, 2.24) is 5.32 Å². The number of benzene rings is 1. The van der Waals surface area contributed by atoms with Crippen molar-refractivity contribution in [2.75, 3.05) is 0 Å². The molecule has 1 amide bonds. The summed E-state index contributed by atoms with van der Waals surface area (Å²) in [7, 11) is 0. The molecule has 0 aliphatic heterocycles. The third kappa shape index (κ3) is 4.58. The van der Waals surface area contributed by atoms with Gasteiger partial charge in [-0.25, -0.2) is 0 Å². The minimum Gasteiger partial charge on any atom is -0.508 e. The lowest BCUT2D eigenvalue weighted by atomic mass is 9.86. The number of hydrogen-bond acceptors (Lipinski definition) is 2. The lowest BCUT2D eigenvalue weighted by molar-refractivity contribution is 0.0910. The van der Waals surface area contributed by atoms with Crippen LogP contribution in [-0.2, 0) is 0 Å². The van der Waals surface area contributed by atoms with Crippen LogP contribution in [-0.4, -0.2) is 17.1 Å². The van der Waals surface area contributed by atoms with Crippen molar-refractivity contribution >= 4 is 5.91 Å². The normalized spacial score (nSPS) is 22.1. The molecule has 0 aromatic heterocycles. The number of hydrogen-bond donors (Lipinski definition) is 2. The fraction of sp³-hybridized carbons (Fsp3) is 0.562. The molecule has 2 rings (SSSR count). The summed E-state index contributed by atoms with van der Waals surface area (Å²) in [4.78, 5) is 12.0. The van der Waals surface area contributed by atoms with Crippen LogP contribution in [0.1, 0.15) is 56.8 Å². The molecule has 1 aromatic carbocycles. The van der Waals surface area contributed by atoms with E-state index in [4.69, 9.17) is 0 Å². The first kappa shape index (κ1) is 15.5. The summed E-state index contributed by atoms with van der Waals surface area (Å²) in [5.41, 5.74) is 0.612. The van der Waals surface area contributed by atoms with Crippen LogP contribution in [0, 0.1) is 5.92 Å². The van der Waals surface area contributed by atoms with Crippen LogP contribution in [0.5, 0.6) is 5.75 Å². The molecule has 0 heterocycles. The molecule has 1 aromatic rings. The van der Waals surface area contributed by atoms with E-state index in [1.807, 2.05) is 13.8 Å². The van der Waals surface area contributed by atoms with Crippen molar-refractivity contribution in [2.24, 2.45) is 5.92 Å². The Labute approximate surface area is 116 Å². The van der Waals surface area contributed by atoms with E-state index in [1.165, 1.54) is 19.3 Å². The summed E-state index contributed by atoms with van der Waals surface area (Å²) < 4.78 is 0. The van der Waals surface area contributed by atoms with Gasteiger partial charge in [0.25, 0.3) is 5.91 Å². The maximum Gasteiger partial charge on any atom is 0.251 e. The van der Waals surface area contributed by atoms with Crippen LogP contribution in [0.2, 0.25) is 0 Å². The zero-order chi connectivity index (χ0) is 14.3. The summed E-state index contributed by atoms with van der Waals surface area (Å²) in [5.74, 6) is 0.709. The number of aromatic hydroxyl groups is 1. The second-order valence-electron chi connectivity index (χ2n) is 4.89. The van der Waals surface area contributed by atoms with Gasteiger partial charge in [-0.1, -0.05) is 33.6 Å². The molecule has 3 nitrogen and oxygen atoms in total. The topological polar surface area (TPSA) is 49.3 Å². The number of rotatable bonds is 2. The standard InChI is InChI=1S/C14H19NO2.C2H6/c1-10-4-2-3-5-13(10)15-14(17)11-6-8-12(16)9-7-11;1-2/h6-10,13,16H,2-5H2,1H3,(H,15,17);1-2H3. The Morgan fingerprint density at radius 2 is 1.74 bits per heavy atom. The lowest BCUT2D eigenvalue weighted by Gasteiger charge is -2.29. The van der Waals surface area contributed by atoms with Gasteiger partial charge < -0.3 is 10.4 Å². The molecule has 2 N–H and O–H groups in total. The summed E-state index contributed by atoms with van der Waals surface area (Å²) >= 11 is 0. The molecule has 3 heteroatoms. The number of phenolic OH excluding ortho intramolecular Hbond substituents is 1. The van der Waals surface area contributed by atoms with Gasteiger partial charge in [-0.15, -0.1) is 0 Å². The van der Waals surface area contributed by atoms with E-state index >= 15 is 0 Å². The molecule has 0 spiro atoms. The molecular formula is C16H25NO2. The average Bonchev–Trinajstić information content (AvgIpc) is 2.44. The van der Waals surface area contributed by atoms with Crippen molar-refractivity contribution in [1.29, 1.82) is 0 Å². The van der Waals surface area contributed by atoms with E-state index in [9.17, 15) is 9.90 Å². The van der Waals surface area contributed by atoms with E-state index < -0.39 is 0 Å². The lowest BCUT2D eigenvalue weighted by Crippen LogP contribution is -2.41. The smallest absolute Gasteiger partial charge is 0.251 e. The van der Waals surface area contributed by atoms with Crippen LogP contribution in [0.15, 0.2) is 24.3 Å². The van der Waals surface area contributed by atoms with Gasteiger partial charge in [-0.05, 0) is 43.0 Å². The summed E-state index contributed by atoms with van der Waals surface area (Å²) in [6, 6.07) is 6.68. The Kier molecular flexibility index (Phi) is 6.40. The molecule has 0 bridgehead atoms. The van der Waals surface area contributed by atoms with Gasteiger partial charge in [0.05, 0.1) is 0 Å². The van der Waals surface area contributed by atoms with Crippen molar-refractivity contribution in [2.45, 2.75) is 52.5 Å². The van der Waals surface area contributed by atoms with Crippen LogP contribution < -0.4 is 5.32 Å². The fourth-order valence-electron chi connectivity index (χ4n) is 2.40. The highest BCUT2D eigenvalue weighted by Crippen LogP contribution is 2.24. The van der Waals surface area contributed by atoms with Crippen molar-refractivity contribution in [3.63, 3.8) is 0 Å².